The summed E-state index contributed by atoms with van der Waals surface area (Å²) in [5.74, 6) is -1.41. The van der Waals surface area contributed by atoms with Crippen LogP contribution in [-0.4, -0.2) is 46.3 Å². The van der Waals surface area contributed by atoms with Crippen LogP contribution in [0.5, 0.6) is 0 Å². The van der Waals surface area contributed by atoms with Gasteiger partial charge in [0, 0.05) is 42.6 Å². The molecule has 1 amide bonds. The molecule has 29 heavy (non-hydrogen) atoms. The van der Waals surface area contributed by atoms with Crippen LogP contribution in [0.4, 0.5) is 13.2 Å². The first-order chi connectivity index (χ1) is 13.9. The summed E-state index contributed by atoms with van der Waals surface area (Å²) >= 11 is 1.15. The van der Waals surface area contributed by atoms with Crippen LogP contribution >= 0.6 is 11.9 Å². The van der Waals surface area contributed by atoms with Crippen LogP contribution in [0.25, 0.3) is 0 Å². The number of carbonyl (C=O) groups excluding carboxylic acids is 1. The molecule has 1 unspecified atom stereocenters. The molecule has 0 bridgehead atoms. The second kappa shape index (κ2) is 7.87. The lowest BCUT2D eigenvalue weighted by Gasteiger charge is -2.19. The summed E-state index contributed by atoms with van der Waals surface area (Å²) in [6.45, 7) is -0.112. The summed E-state index contributed by atoms with van der Waals surface area (Å²) in [7, 11) is 0. The van der Waals surface area contributed by atoms with E-state index in [1.807, 2.05) is 0 Å². The number of aliphatic hydroxyl groups is 1. The smallest absolute Gasteiger partial charge is 0.258 e. The average molecular weight is 424 g/mol. The Hall–Kier alpha value is -2.86. The number of alkyl halides is 2. The third-order valence-electron chi connectivity index (χ3n) is 4.28. The van der Waals surface area contributed by atoms with E-state index in [1.54, 1.807) is 12.3 Å². The van der Waals surface area contributed by atoms with Crippen LogP contribution in [0.15, 0.2) is 41.8 Å². The van der Waals surface area contributed by atoms with E-state index in [9.17, 15) is 23.1 Å². The van der Waals surface area contributed by atoms with Crippen molar-refractivity contribution in [2.45, 2.75) is 37.2 Å². The Bertz CT molecular complexity index is 1020. The largest absolute Gasteiger partial charge is 0.377 e. The van der Waals surface area contributed by atoms with E-state index >= 15 is 0 Å². The molecule has 0 saturated carbocycles. The molecule has 1 aliphatic heterocycles. The van der Waals surface area contributed by atoms with Gasteiger partial charge in [-0.15, -0.1) is 0 Å². The molecule has 152 valence electrons. The summed E-state index contributed by atoms with van der Waals surface area (Å²) < 4.78 is 41.2. The van der Waals surface area contributed by atoms with E-state index in [-0.39, 0.29) is 18.8 Å². The van der Waals surface area contributed by atoms with Gasteiger partial charge in [0.2, 0.25) is 0 Å². The summed E-state index contributed by atoms with van der Waals surface area (Å²) in [4.78, 5) is 17.6. The van der Waals surface area contributed by atoms with Crippen molar-refractivity contribution in [1.29, 1.82) is 0 Å². The SMILES string of the molecule is O=C(C(O)c1ncccc1F)N1Cc2cn(Sc3ccn(CC(F)F)n3)nc2C1. The molecule has 1 aliphatic rings. The average Bonchev–Trinajstić information content (AvgIpc) is 3.36. The van der Waals surface area contributed by atoms with Gasteiger partial charge in [0.1, 0.15) is 23.1 Å². The molecule has 1 atom stereocenters. The summed E-state index contributed by atoms with van der Waals surface area (Å²) in [6, 6.07) is 4.11. The molecule has 3 aromatic rings. The van der Waals surface area contributed by atoms with Gasteiger partial charge in [-0.3, -0.25) is 14.5 Å². The van der Waals surface area contributed by atoms with Gasteiger partial charge in [-0.05, 0) is 18.2 Å². The zero-order valence-corrected chi connectivity index (χ0v) is 15.6. The molecule has 4 rings (SSSR count). The van der Waals surface area contributed by atoms with Gasteiger partial charge in [-0.1, -0.05) is 0 Å². The molecule has 0 spiro atoms. The number of amides is 1. The first-order valence-electron chi connectivity index (χ1n) is 8.55. The predicted molar refractivity (Wildman–Crippen MR) is 95.1 cm³/mol. The Kier molecular flexibility index (Phi) is 5.28. The fourth-order valence-corrected chi connectivity index (χ4v) is 3.72. The summed E-state index contributed by atoms with van der Waals surface area (Å²) in [5.41, 5.74) is 1.08. The third-order valence-corrected chi connectivity index (χ3v) is 5.06. The molecule has 3 aromatic heterocycles. The Morgan fingerprint density at radius 2 is 2.10 bits per heavy atom. The predicted octanol–water partition coefficient (Wildman–Crippen LogP) is 2.01. The maximum absolute atomic E-state index is 13.8. The lowest BCUT2D eigenvalue weighted by Crippen LogP contribution is -2.32. The van der Waals surface area contributed by atoms with Crippen molar-refractivity contribution in [2.24, 2.45) is 0 Å². The van der Waals surface area contributed by atoms with Gasteiger partial charge in [0.25, 0.3) is 12.3 Å². The number of pyridine rings is 1. The van der Waals surface area contributed by atoms with Crippen molar-refractivity contribution in [3.63, 3.8) is 0 Å². The minimum Gasteiger partial charge on any atom is -0.377 e. The van der Waals surface area contributed by atoms with Crippen LogP contribution < -0.4 is 0 Å². The summed E-state index contributed by atoms with van der Waals surface area (Å²) in [6.07, 6.45) is 0.287. The lowest BCUT2D eigenvalue weighted by molar-refractivity contribution is -0.141. The van der Waals surface area contributed by atoms with Gasteiger partial charge in [-0.2, -0.15) is 10.2 Å². The van der Waals surface area contributed by atoms with Crippen molar-refractivity contribution >= 4 is 17.9 Å². The van der Waals surface area contributed by atoms with Crippen molar-refractivity contribution in [3.05, 3.63) is 59.6 Å². The Labute approximate surface area is 167 Å². The Morgan fingerprint density at radius 3 is 2.83 bits per heavy atom. The van der Waals surface area contributed by atoms with E-state index in [1.165, 1.54) is 27.4 Å². The second-order valence-corrected chi connectivity index (χ2v) is 7.30. The van der Waals surface area contributed by atoms with E-state index < -0.39 is 30.8 Å². The highest BCUT2D eigenvalue weighted by Crippen LogP contribution is 2.28. The number of halogens is 3. The van der Waals surface area contributed by atoms with Crippen LogP contribution in [0.3, 0.4) is 0 Å². The highest BCUT2D eigenvalue weighted by atomic mass is 32.2. The van der Waals surface area contributed by atoms with E-state index in [0.717, 1.165) is 28.3 Å². The molecule has 0 aliphatic carbocycles. The fraction of sp³-hybridized carbons (Fsp3) is 0.294. The molecule has 1 N–H and O–H groups in total. The second-order valence-electron chi connectivity index (χ2n) is 6.33. The third kappa shape index (κ3) is 4.12. The molecular weight excluding hydrogens is 409 g/mol. The zero-order valence-electron chi connectivity index (χ0n) is 14.8. The maximum Gasteiger partial charge on any atom is 0.258 e. The first-order valence-corrected chi connectivity index (χ1v) is 9.32. The quantitative estimate of drug-likeness (QED) is 0.651. The standard InChI is InChI=1S/C17H15F3N6O2S/c18-11-2-1-4-21-15(11)16(27)17(28)24-6-10-7-26(22-12(10)8-24)29-14-3-5-25(23-14)9-13(19)20/h1-5,7,13,16,27H,6,8-9H2. The van der Waals surface area contributed by atoms with Crippen molar-refractivity contribution in [1.82, 2.24) is 28.9 Å². The molecule has 0 aromatic carbocycles. The van der Waals surface area contributed by atoms with E-state index in [2.05, 4.69) is 15.2 Å². The van der Waals surface area contributed by atoms with E-state index in [0.29, 0.717) is 10.7 Å². The first kappa shape index (κ1) is 19.5. The van der Waals surface area contributed by atoms with Gasteiger partial charge in [0.15, 0.2) is 6.10 Å². The normalized spacial score (nSPS) is 14.4. The van der Waals surface area contributed by atoms with Crippen LogP contribution in [0.1, 0.15) is 23.1 Å². The molecular formula is C17H15F3N6O2S. The zero-order chi connectivity index (χ0) is 20.5. The molecule has 8 nitrogen and oxygen atoms in total. The number of hydrogen-bond donors (Lipinski definition) is 1. The fourth-order valence-electron chi connectivity index (χ4n) is 2.95. The number of fused-ring (bicyclic) bond motifs is 1. The number of rotatable bonds is 6. The molecule has 0 radical (unpaired) electrons. The van der Waals surface area contributed by atoms with Crippen molar-refractivity contribution in [2.75, 3.05) is 0 Å². The van der Waals surface area contributed by atoms with Gasteiger partial charge < -0.3 is 10.0 Å². The van der Waals surface area contributed by atoms with Gasteiger partial charge >= 0.3 is 0 Å². The highest BCUT2D eigenvalue weighted by Gasteiger charge is 2.32. The number of hydrogen-bond acceptors (Lipinski definition) is 6. The minimum absolute atomic E-state index is 0.160. The van der Waals surface area contributed by atoms with Crippen LogP contribution in [0.2, 0.25) is 0 Å². The van der Waals surface area contributed by atoms with Crippen molar-refractivity contribution in [3.8, 4) is 0 Å². The Morgan fingerprint density at radius 1 is 1.28 bits per heavy atom. The van der Waals surface area contributed by atoms with E-state index in [4.69, 9.17) is 0 Å². The monoisotopic (exact) mass is 424 g/mol. The number of aromatic nitrogens is 5. The van der Waals surface area contributed by atoms with Crippen LogP contribution in [0, 0.1) is 5.82 Å². The number of aliphatic hydroxyl groups excluding tert-OH is 1. The molecule has 0 saturated heterocycles. The highest BCUT2D eigenvalue weighted by molar-refractivity contribution is 7.97. The lowest BCUT2D eigenvalue weighted by atomic mass is 10.2. The molecule has 12 heteroatoms. The topological polar surface area (TPSA) is 89.1 Å². The summed E-state index contributed by atoms with van der Waals surface area (Å²) in [5, 5.41) is 19.1. The van der Waals surface area contributed by atoms with Gasteiger partial charge in [-0.25, -0.2) is 17.3 Å². The number of nitrogens with zero attached hydrogens (tertiary/aromatic N) is 6. The van der Waals surface area contributed by atoms with Crippen molar-refractivity contribution < 1.29 is 23.1 Å². The minimum atomic E-state index is -2.49. The van der Waals surface area contributed by atoms with Gasteiger partial charge in [0.05, 0.1) is 12.2 Å². The Balaban J connectivity index is 1.40. The van der Waals surface area contributed by atoms with Crippen LogP contribution in [-0.2, 0) is 24.4 Å². The maximum atomic E-state index is 13.8. The number of carbonyl (C=O) groups is 1. The molecule has 4 heterocycles. The molecule has 0 fully saturated rings.